The number of rotatable bonds is 10. The van der Waals surface area contributed by atoms with E-state index in [2.05, 4.69) is 21.4 Å². The van der Waals surface area contributed by atoms with Crippen molar-refractivity contribution < 1.29 is 27.4 Å². The monoisotopic (exact) mass is 602 g/mol. The number of nitrogens with one attached hydrogen (secondary N) is 1. The fraction of sp³-hybridized carbons (Fsp3) is 0.667. The van der Waals surface area contributed by atoms with Gasteiger partial charge in [0.15, 0.2) is 0 Å². The zero-order chi connectivity index (χ0) is 30.6. The third-order valence-electron chi connectivity index (χ3n) is 8.65. The van der Waals surface area contributed by atoms with E-state index >= 15 is 8.78 Å². The van der Waals surface area contributed by atoms with Crippen LogP contribution in [0.4, 0.5) is 19.0 Å². The number of carbonyl (C=O) groups excluding carboxylic acids is 1. The highest BCUT2D eigenvalue weighted by atomic mass is 19.3. The SMILES string of the molecule is CC(C)(C)OC(=O)C(c1cc(F)cnc1[C@@H]1CCCCO1)N1CCC(C(F)(F)CCCCc2ccc3c(n2)NCCC3)C1. The third-order valence-corrected chi connectivity index (χ3v) is 8.65. The minimum Gasteiger partial charge on any atom is -0.459 e. The third kappa shape index (κ3) is 8.06. The predicted molar refractivity (Wildman–Crippen MR) is 159 cm³/mol. The van der Waals surface area contributed by atoms with Gasteiger partial charge in [0.1, 0.15) is 23.3 Å². The molecule has 1 N–H and O–H groups in total. The summed E-state index contributed by atoms with van der Waals surface area (Å²) in [5, 5.41) is 3.32. The molecule has 5 heterocycles. The van der Waals surface area contributed by atoms with Crippen molar-refractivity contribution in [1.82, 2.24) is 14.9 Å². The lowest BCUT2D eigenvalue weighted by molar-refractivity contribution is -0.162. The second-order valence-electron chi connectivity index (χ2n) is 13.2. The first-order valence-electron chi connectivity index (χ1n) is 15.8. The molecule has 0 saturated carbocycles. The maximum atomic E-state index is 15.6. The van der Waals surface area contributed by atoms with Crippen molar-refractivity contribution in [1.29, 1.82) is 0 Å². The summed E-state index contributed by atoms with van der Waals surface area (Å²) in [7, 11) is 0. The van der Waals surface area contributed by atoms with Crippen LogP contribution in [0.3, 0.4) is 0 Å². The smallest absolute Gasteiger partial charge is 0.328 e. The molecule has 236 valence electrons. The number of hydrogen-bond acceptors (Lipinski definition) is 7. The van der Waals surface area contributed by atoms with Gasteiger partial charge in [-0.3, -0.25) is 9.88 Å². The number of likely N-dealkylation sites (tertiary alicyclic amines) is 1. The molecule has 3 aliphatic rings. The van der Waals surface area contributed by atoms with Crippen LogP contribution in [0, 0.1) is 11.7 Å². The van der Waals surface area contributed by atoms with Crippen molar-refractivity contribution in [2.75, 3.05) is 31.6 Å². The molecule has 2 unspecified atom stereocenters. The normalized spacial score (nSPS) is 22.1. The van der Waals surface area contributed by atoms with Gasteiger partial charge in [-0.2, -0.15) is 0 Å². The van der Waals surface area contributed by atoms with E-state index in [1.807, 2.05) is 6.07 Å². The van der Waals surface area contributed by atoms with E-state index < -0.39 is 35.3 Å². The summed E-state index contributed by atoms with van der Waals surface area (Å²) in [6, 6.07) is 4.34. The molecule has 3 atom stereocenters. The number of anilines is 1. The van der Waals surface area contributed by atoms with Crippen LogP contribution in [0.15, 0.2) is 24.4 Å². The topological polar surface area (TPSA) is 76.6 Å². The zero-order valence-corrected chi connectivity index (χ0v) is 25.6. The summed E-state index contributed by atoms with van der Waals surface area (Å²) in [4.78, 5) is 24.4. The van der Waals surface area contributed by atoms with Gasteiger partial charge in [0.05, 0.1) is 18.0 Å². The van der Waals surface area contributed by atoms with Crippen LogP contribution in [0.2, 0.25) is 0 Å². The Morgan fingerprint density at radius 2 is 2.02 bits per heavy atom. The summed E-state index contributed by atoms with van der Waals surface area (Å²) in [5.74, 6) is -4.07. The molecule has 5 rings (SSSR count). The Kier molecular flexibility index (Phi) is 9.96. The van der Waals surface area contributed by atoms with Crippen LogP contribution in [-0.2, 0) is 27.1 Å². The van der Waals surface area contributed by atoms with Crippen LogP contribution >= 0.6 is 0 Å². The Balaban J connectivity index is 1.26. The number of alkyl halides is 2. The lowest BCUT2D eigenvalue weighted by Crippen LogP contribution is -2.39. The molecule has 3 aliphatic heterocycles. The number of unbranched alkanes of at least 4 members (excludes halogenated alkanes) is 1. The number of aryl methyl sites for hydroxylation is 2. The summed E-state index contributed by atoms with van der Waals surface area (Å²) in [6.45, 7) is 7.02. The number of halogens is 3. The minimum absolute atomic E-state index is 0.0104. The van der Waals surface area contributed by atoms with E-state index in [0.717, 1.165) is 49.9 Å². The van der Waals surface area contributed by atoms with Gasteiger partial charge in [0.2, 0.25) is 0 Å². The Labute approximate surface area is 252 Å². The number of fused-ring (bicyclic) bond motifs is 1. The Hall–Kier alpha value is -2.72. The van der Waals surface area contributed by atoms with Crippen molar-refractivity contribution in [3.63, 3.8) is 0 Å². The molecular weight excluding hydrogens is 557 g/mol. The highest BCUT2D eigenvalue weighted by molar-refractivity contribution is 5.78. The fourth-order valence-corrected chi connectivity index (χ4v) is 6.49. The van der Waals surface area contributed by atoms with Gasteiger partial charge in [-0.05, 0) is 103 Å². The second-order valence-corrected chi connectivity index (χ2v) is 13.2. The molecule has 0 aromatic carbocycles. The van der Waals surface area contributed by atoms with E-state index in [9.17, 15) is 9.18 Å². The van der Waals surface area contributed by atoms with Crippen molar-refractivity contribution in [3.05, 3.63) is 52.7 Å². The standard InChI is InChI=1S/C33H45F3N4O3/c1-32(2,3)43-31(41)29(26-19-24(34)20-38-28(26)27-11-5-7-18-42-27)40-17-14-23(21-40)33(35,36)15-6-4-10-25-13-12-22-9-8-16-37-30(22)39-25/h12-13,19-20,23,27,29H,4-11,14-18,21H2,1-3H3,(H,37,39)/t23?,27-,29?/m0/s1. The first-order chi connectivity index (χ1) is 20.5. The molecule has 0 bridgehead atoms. The molecule has 2 aromatic heterocycles. The predicted octanol–water partition coefficient (Wildman–Crippen LogP) is 6.97. The van der Waals surface area contributed by atoms with Crippen molar-refractivity contribution >= 4 is 11.8 Å². The van der Waals surface area contributed by atoms with Gasteiger partial charge in [-0.1, -0.05) is 6.07 Å². The molecule has 10 heteroatoms. The molecule has 2 fully saturated rings. The highest BCUT2D eigenvalue weighted by Crippen LogP contribution is 2.42. The minimum atomic E-state index is -2.90. The largest absolute Gasteiger partial charge is 0.459 e. The van der Waals surface area contributed by atoms with Gasteiger partial charge < -0.3 is 14.8 Å². The van der Waals surface area contributed by atoms with E-state index in [-0.39, 0.29) is 32.0 Å². The van der Waals surface area contributed by atoms with Crippen molar-refractivity contribution in [2.24, 2.45) is 5.92 Å². The number of pyridine rings is 2. The Morgan fingerprint density at radius 1 is 1.19 bits per heavy atom. The van der Waals surface area contributed by atoms with Gasteiger partial charge in [0, 0.05) is 43.3 Å². The molecule has 2 aromatic rings. The maximum absolute atomic E-state index is 15.6. The molecule has 43 heavy (non-hydrogen) atoms. The average molecular weight is 603 g/mol. The lowest BCUT2D eigenvalue weighted by atomic mass is 9.94. The summed E-state index contributed by atoms with van der Waals surface area (Å²) >= 11 is 0. The van der Waals surface area contributed by atoms with Crippen LogP contribution in [0.1, 0.15) is 107 Å². The summed E-state index contributed by atoms with van der Waals surface area (Å²) in [5.41, 5.74) is 2.16. The molecule has 7 nitrogen and oxygen atoms in total. The van der Waals surface area contributed by atoms with Crippen LogP contribution in [0.5, 0.6) is 0 Å². The van der Waals surface area contributed by atoms with Gasteiger partial charge in [-0.15, -0.1) is 0 Å². The fourth-order valence-electron chi connectivity index (χ4n) is 6.49. The van der Waals surface area contributed by atoms with Crippen molar-refractivity contribution in [2.45, 2.75) is 109 Å². The van der Waals surface area contributed by atoms with E-state index in [0.29, 0.717) is 43.5 Å². The molecule has 0 radical (unpaired) electrons. The second kappa shape index (κ2) is 13.5. The zero-order valence-electron chi connectivity index (χ0n) is 25.6. The van der Waals surface area contributed by atoms with Crippen LogP contribution < -0.4 is 5.32 Å². The maximum Gasteiger partial charge on any atom is 0.328 e. The Morgan fingerprint density at radius 3 is 2.79 bits per heavy atom. The average Bonchev–Trinajstić information content (AvgIpc) is 3.46. The lowest BCUT2D eigenvalue weighted by Gasteiger charge is -2.33. The molecule has 0 aliphatic carbocycles. The highest BCUT2D eigenvalue weighted by Gasteiger charge is 2.47. The number of carbonyl (C=O) groups is 1. The summed E-state index contributed by atoms with van der Waals surface area (Å²) < 4.78 is 57.4. The molecule has 2 saturated heterocycles. The molecule has 0 spiro atoms. The van der Waals surface area contributed by atoms with Crippen molar-refractivity contribution in [3.8, 4) is 0 Å². The molecule has 0 amide bonds. The Bertz CT molecular complexity index is 1260. The van der Waals surface area contributed by atoms with Crippen LogP contribution in [-0.4, -0.2) is 58.6 Å². The summed E-state index contributed by atoms with van der Waals surface area (Å²) in [6.07, 6.45) is 7.07. The first kappa shape index (κ1) is 31.7. The number of esters is 1. The first-order valence-corrected chi connectivity index (χ1v) is 15.8. The number of aromatic nitrogens is 2. The van der Waals surface area contributed by atoms with Gasteiger partial charge in [-0.25, -0.2) is 22.9 Å². The number of hydrogen-bond donors (Lipinski definition) is 1. The van der Waals surface area contributed by atoms with Gasteiger partial charge >= 0.3 is 5.97 Å². The van der Waals surface area contributed by atoms with Gasteiger partial charge in [0.25, 0.3) is 5.92 Å². The quantitative estimate of drug-likeness (QED) is 0.233. The number of nitrogens with zero attached hydrogens (tertiary/aromatic N) is 3. The molecular formula is C33H45F3N4O3. The van der Waals surface area contributed by atoms with E-state index in [1.165, 1.54) is 11.6 Å². The number of ether oxygens (including phenoxy) is 2. The van der Waals surface area contributed by atoms with E-state index in [4.69, 9.17) is 9.47 Å². The van der Waals surface area contributed by atoms with Crippen LogP contribution in [0.25, 0.3) is 0 Å². The van der Waals surface area contributed by atoms with E-state index in [1.54, 1.807) is 25.7 Å².